The largest absolute Gasteiger partial charge is 0.486 e. The van der Waals surface area contributed by atoms with Gasteiger partial charge in [-0.3, -0.25) is 0 Å². The van der Waals surface area contributed by atoms with Gasteiger partial charge < -0.3 is 9.31 Å². The summed E-state index contributed by atoms with van der Waals surface area (Å²) in [6.07, 6.45) is 11.4. The van der Waals surface area contributed by atoms with Gasteiger partial charge in [0.15, 0.2) is 0 Å². The van der Waals surface area contributed by atoms with Gasteiger partial charge in [0.1, 0.15) is 0 Å². The van der Waals surface area contributed by atoms with E-state index >= 15 is 0 Å². The summed E-state index contributed by atoms with van der Waals surface area (Å²) in [5.41, 5.74) is -0.440. The van der Waals surface area contributed by atoms with Crippen molar-refractivity contribution in [3.8, 4) is 0 Å². The van der Waals surface area contributed by atoms with Crippen molar-refractivity contribution in [3.05, 3.63) is 12.1 Å². The molecule has 3 heteroatoms. The molecule has 0 radical (unpaired) electrons. The van der Waals surface area contributed by atoms with Crippen LogP contribution in [0.25, 0.3) is 0 Å². The highest BCUT2D eigenvalue weighted by atomic mass is 16.7. The van der Waals surface area contributed by atoms with Gasteiger partial charge in [0.05, 0.1) is 11.2 Å². The predicted octanol–water partition coefficient (Wildman–Crippen LogP) is 4.92. The second-order valence-corrected chi connectivity index (χ2v) is 6.61. The van der Waals surface area contributed by atoms with Crippen molar-refractivity contribution in [3.63, 3.8) is 0 Å². The zero-order chi connectivity index (χ0) is 14.4. The molecule has 1 rings (SSSR count). The summed E-state index contributed by atoms with van der Waals surface area (Å²) >= 11 is 0. The lowest BCUT2D eigenvalue weighted by molar-refractivity contribution is 0.00578. The van der Waals surface area contributed by atoms with E-state index in [1.165, 1.54) is 38.5 Å². The summed E-state index contributed by atoms with van der Waals surface area (Å²) in [5.74, 6) is 2.07. The average molecular weight is 266 g/mol. The predicted molar refractivity (Wildman–Crippen MR) is 83.2 cm³/mol. The lowest BCUT2D eigenvalue weighted by Crippen LogP contribution is -2.41. The van der Waals surface area contributed by atoms with Crippen LogP contribution in [0.4, 0.5) is 0 Å². The monoisotopic (exact) mass is 266 g/mol. The molecule has 0 aromatic rings. The molecule has 2 nitrogen and oxygen atoms in total. The molecule has 19 heavy (non-hydrogen) atoms. The Morgan fingerprint density at radius 3 is 1.95 bits per heavy atom. The second kappa shape index (κ2) is 7.49. The molecule has 0 bridgehead atoms. The zero-order valence-corrected chi connectivity index (χ0v) is 13.5. The molecular formula is C16H31BO2. The number of hydrogen-bond donors (Lipinski definition) is 0. The lowest BCUT2D eigenvalue weighted by Gasteiger charge is -2.32. The van der Waals surface area contributed by atoms with Crippen LogP contribution in [0, 0.1) is 0 Å². The van der Waals surface area contributed by atoms with E-state index in [-0.39, 0.29) is 18.3 Å². The smallest absolute Gasteiger partial charge is 0.400 e. The Morgan fingerprint density at radius 1 is 0.842 bits per heavy atom. The highest BCUT2D eigenvalue weighted by Crippen LogP contribution is 2.36. The SMILES string of the molecule is CCCCCCCC/C=C\B1OC(C)(C)C(C)(C)O1. The molecule has 0 aromatic carbocycles. The van der Waals surface area contributed by atoms with Gasteiger partial charge in [0, 0.05) is 0 Å². The maximum atomic E-state index is 5.91. The Hall–Kier alpha value is -0.275. The van der Waals surface area contributed by atoms with E-state index < -0.39 is 0 Å². The molecule has 0 N–H and O–H groups in total. The maximum absolute atomic E-state index is 5.91. The molecule has 0 aliphatic carbocycles. The Bertz CT molecular complexity index is 268. The normalized spacial score (nSPS) is 21.4. The van der Waals surface area contributed by atoms with Gasteiger partial charge in [-0.15, -0.1) is 0 Å². The first-order valence-electron chi connectivity index (χ1n) is 7.91. The van der Waals surface area contributed by atoms with Crippen molar-refractivity contribution >= 4 is 7.12 Å². The van der Waals surface area contributed by atoms with Crippen LogP contribution in [0.5, 0.6) is 0 Å². The number of unbranched alkanes of at least 4 members (excludes halogenated alkanes) is 6. The highest BCUT2D eigenvalue weighted by Gasteiger charge is 2.49. The summed E-state index contributed by atoms with van der Waals surface area (Å²) in [6.45, 7) is 10.6. The fourth-order valence-corrected chi connectivity index (χ4v) is 2.22. The summed E-state index contributed by atoms with van der Waals surface area (Å²) in [5, 5.41) is 0. The quantitative estimate of drug-likeness (QED) is 0.458. The van der Waals surface area contributed by atoms with Crippen LogP contribution in [-0.4, -0.2) is 18.3 Å². The van der Waals surface area contributed by atoms with Gasteiger partial charge in [0.2, 0.25) is 0 Å². The Balaban J connectivity index is 2.14. The molecule has 0 amide bonds. The first-order chi connectivity index (χ1) is 8.89. The second-order valence-electron chi connectivity index (χ2n) is 6.61. The highest BCUT2D eigenvalue weighted by molar-refractivity contribution is 6.51. The van der Waals surface area contributed by atoms with E-state index in [1.54, 1.807) is 0 Å². The molecule has 0 aromatic heterocycles. The first kappa shape index (κ1) is 16.8. The molecule has 1 aliphatic heterocycles. The minimum Gasteiger partial charge on any atom is -0.400 e. The number of rotatable bonds is 8. The van der Waals surface area contributed by atoms with Gasteiger partial charge in [-0.05, 0) is 40.5 Å². The Kier molecular flexibility index (Phi) is 6.62. The maximum Gasteiger partial charge on any atom is 0.486 e. The third kappa shape index (κ3) is 5.31. The van der Waals surface area contributed by atoms with E-state index in [2.05, 4.69) is 46.7 Å². The molecule has 1 saturated heterocycles. The molecule has 1 heterocycles. The molecule has 0 saturated carbocycles. The molecule has 110 valence electrons. The Morgan fingerprint density at radius 2 is 1.37 bits per heavy atom. The minimum atomic E-state index is -0.220. The topological polar surface area (TPSA) is 18.5 Å². The van der Waals surface area contributed by atoms with E-state index in [0.29, 0.717) is 0 Å². The molecule has 0 spiro atoms. The lowest BCUT2D eigenvalue weighted by atomic mass is 9.89. The summed E-state index contributed by atoms with van der Waals surface area (Å²) in [4.78, 5) is 0. The summed E-state index contributed by atoms with van der Waals surface area (Å²) < 4.78 is 11.8. The third-order valence-electron chi connectivity index (χ3n) is 4.29. The van der Waals surface area contributed by atoms with E-state index in [4.69, 9.17) is 9.31 Å². The third-order valence-corrected chi connectivity index (χ3v) is 4.29. The number of hydrogen-bond acceptors (Lipinski definition) is 2. The molecular weight excluding hydrogens is 235 g/mol. The van der Waals surface area contributed by atoms with E-state index in [1.807, 2.05) is 0 Å². The van der Waals surface area contributed by atoms with Gasteiger partial charge in [-0.1, -0.05) is 51.1 Å². The van der Waals surface area contributed by atoms with E-state index in [9.17, 15) is 0 Å². The van der Waals surface area contributed by atoms with Crippen molar-refractivity contribution < 1.29 is 9.31 Å². The van der Waals surface area contributed by atoms with E-state index in [0.717, 1.165) is 6.42 Å². The van der Waals surface area contributed by atoms with Crippen LogP contribution in [0.2, 0.25) is 0 Å². The fraction of sp³-hybridized carbons (Fsp3) is 0.875. The summed E-state index contributed by atoms with van der Waals surface area (Å²) in [6, 6.07) is 0. The molecule has 1 aliphatic rings. The van der Waals surface area contributed by atoms with Crippen molar-refractivity contribution in [1.29, 1.82) is 0 Å². The summed E-state index contributed by atoms with van der Waals surface area (Å²) in [7, 11) is -0.176. The van der Waals surface area contributed by atoms with Crippen LogP contribution in [0.15, 0.2) is 12.1 Å². The van der Waals surface area contributed by atoms with Crippen molar-refractivity contribution in [2.24, 2.45) is 0 Å². The molecule has 1 fully saturated rings. The van der Waals surface area contributed by atoms with Crippen LogP contribution in [0.1, 0.15) is 79.6 Å². The van der Waals surface area contributed by atoms with Crippen LogP contribution >= 0.6 is 0 Å². The Labute approximate surface area is 120 Å². The number of allylic oxidation sites excluding steroid dienone is 1. The van der Waals surface area contributed by atoms with Gasteiger partial charge in [-0.2, -0.15) is 0 Å². The van der Waals surface area contributed by atoms with Crippen LogP contribution in [0.3, 0.4) is 0 Å². The van der Waals surface area contributed by atoms with Gasteiger partial charge in [-0.25, -0.2) is 0 Å². The zero-order valence-electron chi connectivity index (χ0n) is 13.5. The van der Waals surface area contributed by atoms with Crippen molar-refractivity contribution in [1.82, 2.24) is 0 Å². The van der Waals surface area contributed by atoms with Gasteiger partial charge in [0.25, 0.3) is 0 Å². The van der Waals surface area contributed by atoms with Crippen LogP contribution < -0.4 is 0 Å². The van der Waals surface area contributed by atoms with Crippen molar-refractivity contribution in [2.45, 2.75) is 90.8 Å². The first-order valence-corrected chi connectivity index (χ1v) is 7.91. The van der Waals surface area contributed by atoms with Crippen LogP contribution in [-0.2, 0) is 9.31 Å². The van der Waals surface area contributed by atoms with Crippen molar-refractivity contribution in [2.75, 3.05) is 0 Å². The molecule has 0 unspecified atom stereocenters. The minimum absolute atomic E-state index is 0.176. The standard InChI is InChI=1S/C16H31BO2/c1-6-7-8-9-10-11-12-13-14-17-18-15(2,3)16(4,5)19-17/h13-14H,6-12H2,1-5H3/b14-13-. The fourth-order valence-electron chi connectivity index (χ4n) is 2.22. The molecule has 0 atom stereocenters. The van der Waals surface area contributed by atoms with Gasteiger partial charge >= 0.3 is 7.12 Å². The average Bonchev–Trinajstić information content (AvgIpc) is 2.51.